The van der Waals surface area contributed by atoms with E-state index in [1.807, 2.05) is 38.1 Å². The molecule has 0 bridgehead atoms. The fraction of sp³-hybridized carbons (Fsp3) is 0.464. The summed E-state index contributed by atoms with van der Waals surface area (Å²) in [7, 11) is 0. The van der Waals surface area contributed by atoms with Crippen LogP contribution in [0.2, 0.25) is 0 Å². The maximum Gasteiger partial charge on any atom is 0.407 e. The van der Waals surface area contributed by atoms with Crippen LogP contribution in [0, 0.1) is 11.3 Å². The van der Waals surface area contributed by atoms with E-state index in [9.17, 15) is 19.5 Å². The topological polar surface area (TPSA) is 95.9 Å². The van der Waals surface area contributed by atoms with E-state index in [2.05, 4.69) is 29.6 Å². The number of nitrogens with zero attached hydrogens (tertiary/aromatic N) is 1. The van der Waals surface area contributed by atoms with Crippen molar-refractivity contribution in [2.45, 2.75) is 52.0 Å². The molecule has 2 aromatic rings. The molecule has 1 aliphatic carbocycles. The molecule has 1 saturated heterocycles. The number of amides is 2. The fourth-order valence-corrected chi connectivity index (χ4v) is 5.03. The second-order valence-electron chi connectivity index (χ2n) is 10.3. The zero-order valence-electron chi connectivity index (χ0n) is 20.6. The zero-order valence-corrected chi connectivity index (χ0v) is 20.6. The van der Waals surface area contributed by atoms with Gasteiger partial charge in [0.15, 0.2) is 0 Å². The number of hydrogen-bond acceptors (Lipinski definition) is 4. The summed E-state index contributed by atoms with van der Waals surface area (Å²) in [6, 6.07) is 16.0. The fourth-order valence-electron chi connectivity index (χ4n) is 5.03. The molecule has 1 heterocycles. The van der Waals surface area contributed by atoms with E-state index >= 15 is 0 Å². The Kier molecular flexibility index (Phi) is 7.15. The highest BCUT2D eigenvalue weighted by Gasteiger charge is 2.38. The highest BCUT2D eigenvalue weighted by molar-refractivity contribution is 5.80. The van der Waals surface area contributed by atoms with Crippen LogP contribution in [0.3, 0.4) is 0 Å². The quantitative estimate of drug-likeness (QED) is 0.604. The molecule has 2 N–H and O–H groups in total. The molecule has 0 aromatic heterocycles. The molecule has 7 heteroatoms. The van der Waals surface area contributed by atoms with Crippen LogP contribution in [-0.4, -0.2) is 53.7 Å². The lowest BCUT2D eigenvalue weighted by atomic mass is 9.80. The van der Waals surface area contributed by atoms with Gasteiger partial charge in [0.2, 0.25) is 5.91 Å². The van der Waals surface area contributed by atoms with Gasteiger partial charge in [-0.15, -0.1) is 0 Å². The van der Waals surface area contributed by atoms with Crippen LogP contribution < -0.4 is 5.32 Å². The van der Waals surface area contributed by atoms with Crippen LogP contribution in [0.25, 0.3) is 11.1 Å². The number of carboxylic acid groups (broad SMARTS) is 1. The number of rotatable bonds is 7. The van der Waals surface area contributed by atoms with Crippen molar-refractivity contribution in [3.8, 4) is 11.1 Å². The maximum atomic E-state index is 12.9. The van der Waals surface area contributed by atoms with Gasteiger partial charge in [-0.1, -0.05) is 62.4 Å². The first-order valence-corrected chi connectivity index (χ1v) is 12.3. The molecule has 2 amide bonds. The first-order valence-electron chi connectivity index (χ1n) is 12.3. The van der Waals surface area contributed by atoms with Gasteiger partial charge in [-0.2, -0.15) is 0 Å². The number of carboxylic acids is 1. The van der Waals surface area contributed by atoms with Crippen molar-refractivity contribution in [1.82, 2.24) is 10.2 Å². The van der Waals surface area contributed by atoms with Gasteiger partial charge >= 0.3 is 12.1 Å². The zero-order chi connectivity index (χ0) is 25.2. The van der Waals surface area contributed by atoms with Gasteiger partial charge in [-0.25, -0.2) is 4.79 Å². The summed E-state index contributed by atoms with van der Waals surface area (Å²) in [5.41, 5.74) is 3.85. The molecule has 186 valence electrons. The molecule has 7 nitrogen and oxygen atoms in total. The van der Waals surface area contributed by atoms with Crippen LogP contribution in [0.15, 0.2) is 48.5 Å². The standard InChI is InChI=1S/C28H34N2O5/c1-18(2)24(16-25(31)30-14-12-28(3,13-15-30)26(32)33)29-27(34)35-17-23-21-10-6-4-8-19(21)20-9-5-7-11-22(20)23/h4-11,18,23-24H,12-17H2,1-3H3,(H,29,34)(H,32,33)/t24-/m1/s1. The molecule has 0 unspecified atom stereocenters. The Morgan fingerprint density at radius 2 is 1.57 bits per heavy atom. The first-order chi connectivity index (χ1) is 16.7. The SMILES string of the molecule is CC(C)[C@@H](CC(=O)N1CCC(C)(C(=O)O)CC1)NC(=O)OCC1c2ccccc2-c2ccccc21. The molecule has 1 fully saturated rings. The monoisotopic (exact) mass is 478 g/mol. The van der Waals surface area contributed by atoms with Crippen LogP contribution in [0.5, 0.6) is 0 Å². The molecule has 0 saturated carbocycles. The number of carbonyl (C=O) groups excluding carboxylic acids is 2. The number of hydrogen-bond donors (Lipinski definition) is 2. The maximum absolute atomic E-state index is 12.9. The summed E-state index contributed by atoms with van der Waals surface area (Å²) in [6.45, 7) is 6.69. The van der Waals surface area contributed by atoms with Gasteiger partial charge in [-0.05, 0) is 47.9 Å². The number of alkyl carbamates (subject to hydrolysis) is 1. The Morgan fingerprint density at radius 3 is 2.09 bits per heavy atom. The number of likely N-dealkylation sites (tertiary alicyclic amines) is 1. The largest absolute Gasteiger partial charge is 0.481 e. The van der Waals surface area contributed by atoms with Gasteiger partial charge in [0.25, 0.3) is 0 Å². The van der Waals surface area contributed by atoms with Gasteiger partial charge < -0.3 is 20.1 Å². The Hall–Kier alpha value is -3.35. The first kappa shape index (κ1) is 24.8. The minimum absolute atomic E-state index is 0.0239. The minimum Gasteiger partial charge on any atom is -0.481 e. The Labute approximate surface area is 206 Å². The summed E-state index contributed by atoms with van der Waals surface area (Å²) in [5, 5.41) is 12.3. The second-order valence-corrected chi connectivity index (χ2v) is 10.3. The molecule has 4 rings (SSSR count). The molecule has 2 aliphatic rings. The molecule has 0 spiro atoms. The van der Waals surface area contributed by atoms with Gasteiger partial charge in [0, 0.05) is 31.5 Å². The van der Waals surface area contributed by atoms with E-state index in [1.54, 1.807) is 11.8 Å². The highest BCUT2D eigenvalue weighted by Crippen LogP contribution is 2.44. The highest BCUT2D eigenvalue weighted by atomic mass is 16.5. The second kappa shape index (κ2) is 10.1. The van der Waals surface area contributed by atoms with Crippen molar-refractivity contribution in [2.75, 3.05) is 19.7 Å². The summed E-state index contributed by atoms with van der Waals surface area (Å²) in [4.78, 5) is 38.8. The van der Waals surface area contributed by atoms with Crippen LogP contribution in [0.4, 0.5) is 4.79 Å². The Balaban J connectivity index is 1.34. The van der Waals surface area contributed by atoms with Gasteiger partial charge in [0.05, 0.1) is 5.41 Å². The number of benzene rings is 2. The lowest BCUT2D eigenvalue weighted by Gasteiger charge is -2.37. The Bertz CT molecular complexity index is 1060. The third kappa shape index (κ3) is 5.19. The predicted octanol–water partition coefficient (Wildman–Crippen LogP) is 4.65. The van der Waals surface area contributed by atoms with Crippen molar-refractivity contribution in [2.24, 2.45) is 11.3 Å². The molecule has 0 radical (unpaired) electrons. The van der Waals surface area contributed by atoms with Crippen LogP contribution in [0.1, 0.15) is 57.1 Å². The summed E-state index contributed by atoms with van der Waals surface area (Å²) >= 11 is 0. The summed E-state index contributed by atoms with van der Waals surface area (Å²) < 4.78 is 5.66. The van der Waals surface area contributed by atoms with E-state index in [0.29, 0.717) is 25.9 Å². The van der Waals surface area contributed by atoms with Crippen molar-refractivity contribution in [1.29, 1.82) is 0 Å². The number of fused-ring (bicyclic) bond motifs is 3. The van der Waals surface area contributed by atoms with Gasteiger partial charge in [0.1, 0.15) is 6.61 Å². The molecular formula is C28H34N2O5. The Morgan fingerprint density at radius 1 is 1.03 bits per heavy atom. The molecule has 1 atom stereocenters. The van der Waals surface area contributed by atoms with E-state index in [4.69, 9.17) is 4.74 Å². The average Bonchev–Trinajstić information content (AvgIpc) is 3.16. The van der Waals surface area contributed by atoms with Crippen LogP contribution in [-0.2, 0) is 14.3 Å². The molecule has 35 heavy (non-hydrogen) atoms. The van der Waals surface area contributed by atoms with E-state index < -0.39 is 17.5 Å². The summed E-state index contributed by atoms with van der Waals surface area (Å²) in [6.07, 6.45) is 0.488. The van der Waals surface area contributed by atoms with E-state index in [1.165, 1.54) is 11.1 Å². The predicted molar refractivity (Wildman–Crippen MR) is 133 cm³/mol. The molecule has 1 aliphatic heterocycles. The lowest BCUT2D eigenvalue weighted by molar-refractivity contribution is -0.153. The van der Waals surface area contributed by atoms with E-state index in [-0.39, 0.29) is 36.8 Å². The van der Waals surface area contributed by atoms with Crippen molar-refractivity contribution >= 4 is 18.0 Å². The van der Waals surface area contributed by atoms with Crippen LogP contribution >= 0.6 is 0 Å². The normalized spacial score (nSPS) is 17.4. The smallest absolute Gasteiger partial charge is 0.407 e. The average molecular weight is 479 g/mol. The van der Waals surface area contributed by atoms with E-state index in [0.717, 1.165) is 11.1 Å². The lowest BCUT2D eigenvalue weighted by Crippen LogP contribution is -2.48. The van der Waals surface area contributed by atoms with Crippen molar-refractivity contribution in [3.05, 3.63) is 59.7 Å². The third-order valence-corrected chi connectivity index (χ3v) is 7.58. The number of aliphatic carboxylic acids is 1. The van der Waals surface area contributed by atoms with Gasteiger partial charge in [-0.3, -0.25) is 9.59 Å². The molecular weight excluding hydrogens is 444 g/mol. The number of ether oxygens (including phenoxy) is 1. The number of nitrogens with one attached hydrogen (secondary N) is 1. The van der Waals surface area contributed by atoms with Crippen molar-refractivity contribution in [3.63, 3.8) is 0 Å². The molecule has 2 aromatic carbocycles. The number of piperidine rings is 1. The third-order valence-electron chi connectivity index (χ3n) is 7.58. The number of carbonyl (C=O) groups is 3. The summed E-state index contributed by atoms with van der Waals surface area (Å²) in [5.74, 6) is -0.880. The minimum atomic E-state index is -0.818. The van der Waals surface area contributed by atoms with Crippen molar-refractivity contribution < 1.29 is 24.2 Å².